The molecule has 1 aromatic heterocycles. The van der Waals surface area contributed by atoms with Gasteiger partial charge in [0.2, 0.25) is 0 Å². The zero-order valence-electron chi connectivity index (χ0n) is 10.4. The number of hydrogen-bond donors (Lipinski definition) is 2. The standard InChI is InChI=1S/C13H21N3O/c1-11-7-6-8-12(16-11)13(17)15-10-5-3-2-4-9-14/h6-8H,2-5,9-10,14H2,1H3,(H,15,17). The first-order chi connectivity index (χ1) is 8.24. The lowest BCUT2D eigenvalue weighted by Crippen LogP contribution is -2.25. The van der Waals surface area contributed by atoms with Crippen LogP contribution in [-0.2, 0) is 0 Å². The summed E-state index contributed by atoms with van der Waals surface area (Å²) in [6.07, 6.45) is 4.30. The molecular formula is C13H21N3O. The fraction of sp³-hybridized carbons (Fsp3) is 0.538. The van der Waals surface area contributed by atoms with E-state index in [-0.39, 0.29) is 5.91 Å². The third-order valence-corrected chi connectivity index (χ3v) is 2.54. The Balaban J connectivity index is 2.21. The number of carbonyl (C=O) groups is 1. The van der Waals surface area contributed by atoms with Gasteiger partial charge in [0.05, 0.1) is 0 Å². The first kappa shape index (κ1) is 13.6. The molecule has 0 bridgehead atoms. The Bertz CT molecular complexity index is 352. The molecule has 1 aromatic rings. The van der Waals surface area contributed by atoms with Gasteiger partial charge in [0.25, 0.3) is 5.91 Å². The normalized spacial score (nSPS) is 10.2. The van der Waals surface area contributed by atoms with Crippen LogP contribution in [0.3, 0.4) is 0 Å². The Morgan fingerprint density at radius 1 is 1.29 bits per heavy atom. The van der Waals surface area contributed by atoms with Crippen LogP contribution in [0.4, 0.5) is 0 Å². The highest BCUT2D eigenvalue weighted by atomic mass is 16.1. The van der Waals surface area contributed by atoms with Crippen LogP contribution in [0.1, 0.15) is 41.9 Å². The Hall–Kier alpha value is -1.42. The molecule has 1 amide bonds. The number of aromatic nitrogens is 1. The second kappa shape index (κ2) is 7.79. The molecule has 1 rings (SSSR count). The Morgan fingerprint density at radius 2 is 2.06 bits per heavy atom. The van der Waals surface area contributed by atoms with Gasteiger partial charge in [-0.15, -0.1) is 0 Å². The molecule has 3 N–H and O–H groups in total. The number of nitrogens with zero attached hydrogens (tertiary/aromatic N) is 1. The number of nitrogens with two attached hydrogens (primary N) is 1. The minimum Gasteiger partial charge on any atom is -0.351 e. The monoisotopic (exact) mass is 235 g/mol. The van der Waals surface area contributed by atoms with Crippen molar-refractivity contribution in [2.45, 2.75) is 32.6 Å². The van der Waals surface area contributed by atoms with Gasteiger partial charge >= 0.3 is 0 Å². The third-order valence-electron chi connectivity index (χ3n) is 2.54. The summed E-state index contributed by atoms with van der Waals surface area (Å²) >= 11 is 0. The summed E-state index contributed by atoms with van der Waals surface area (Å²) in [5, 5.41) is 2.87. The Labute approximate surface area is 103 Å². The van der Waals surface area contributed by atoms with Gasteiger partial charge in [0.1, 0.15) is 5.69 Å². The van der Waals surface area contributed by atoms with Crippen molar-refractivity contribution in [2.75, 3.05) is 13.1 Å². The lowest BCUT2D eigenvalue weighted by atomic mass is 10.2. The highest BCUT2D eigenvalue weighted by Gasteiger charge is 2.05. The largest absolute Gasteiger partial charge is 0.351 e. The molecule has 0 aromatic carbocycles. The van der Waals surface area contributed by atoms with Gasteiger partial charge in [-0.1, -0.05) is 18.9 Å². The Morgan fingerprint density at radius 3 is 2.76 bits per heavy atom. The molecule has 94 valence electrons. The molecule has 17 heavy (non-hydrogen) atoms. The lowest BCUT2D eigenvalue weighted by molar-refractivity contribution is 0.0947. The van der Waals surface area contributed by atoms with Gasteiger partial charge in [-0.3, -0.25) is 4.79 Å². The summed E-state index contributed by atoms with van der Waals surface area (Å²) in [5.41, 5.74) is 6.76. The zero-order chi connectivity index (χ0) is 12.5. The number of amides is 1. The van der Waals surface area contributed by atoms with Crippen molar-refractivity contribution >= 4 is 5.91 Å². The number of carbonyl (C=O) groups excluding carboxylic acids is 1. The minimum absolute atomic E-state index is 0.0903. The summed E-state index contributed by atoms with van der Waals surface area (Å²) < 4.78 is 0. The maximum absolute atomic E-state index is 11.7. The molecule has 0 atom stereocenters. The maximum atomic E-state index is 11.7. The summed E-state index contributed by atoms with van der Waals surface area (Å²) in [6.45, 7) is 3.34. The molecule has 0 saturated carbocycles. The fourth-order valence-corrected chi connectivity index (χ4v) is 1.58. The third kappa shape index (κ3) is 5.45. The van der Waals surface area contributed by atoms with Gasteiger partial charge in [-0.05, 0) is 38.4 Å². The van der Waals surface area contributed by atoms with Crippen molar-refractivity contribution in [3.8, 4) is 0 Å². The molecule has 4 heteroatoms. The van der Waals surface area contributed by atoms with Crippen LogP contribution in [0.15, 0.2) is 18.2 Å². The highest BCUT2D eigenvalue weighted by Crippen LogP contribution is 1.99. The van der Waals surface area contributed by atoms with Crippen molar-refractivity contribution in [3.05, 3.63) is 29.6 Å². The van der Waals surface area contributed by atoms with E-state index in [2.05, 4.69) is 10.3 Å². The second-order valence-electron chi connectivity index (χ2n) is 4.12. The topological polar surface area (TPSA) is 68.0 Å². The van der Waals surface area contributed by atoms with E-state index in [0.717, 1.165) is 37.9 Å². The van der Waals surface area contributed by atoms with Crippen LogP contribution >= 0.6 is 0 Å². The molecule has 0 aliphatic rings. The maximum Gasteiger partial charge on any atom is 0.269 e. The number of nitrogens with one attached hydrogen (secondary N) is 1. The van der Waals surface area contributed by atoms with Gasteiger partial charge in [0, 0.05) is 12.2 Å². The average Bonchev–Trinajstić information content (AvgIpc) is 2.33. The number of pyridine rings is 1. The molecule has 0 saturated heterocycles. The van der Waals surface area contributed by atoms with Crippen molar-refractivity contribution in [3.63, 3.8) is 0 Å². The predicted molar refractivity (Wildman–Crippen MR) is 68.8 cm³/mol. The quantitative estimate of drug-likeness (QED) is 0.706. The number of aryl methyl sites for hydroxylation is 1. The van der Waals surface area contributed by atoms with Crippen LogP contribution in [0.25, 0.3) is 0 Å². The van der Waals surface area contributed by atoms with Crippen LogP contribution in [0.2, 0.25) is 0 Å². The van der Waals surface area contributed by atoms with Crippen molar-refractivity contribution in [2.24, 2.45) is 5.73 Å². The Kier molecular flexibility index (Phi) is 6.25. The van der Waals surface area contributed by atoms with E-state index in [1.807, 2.05) is 19.1 Å². The van der Waals surface area contributed by atoms with Crippen LogP contribution in [0.5, 0.6) is 0 Å². The molecule has 4 nitrogen and oxygen atoms in total. The van der Waals surface area contributed by atoms with E-state index in [0.29, 0.717) is 12.2 Å². The summed E-state index contributed by atoms with van der Waals surface area (Å²) in [5.74, 6) is -0.0903. The second-order valence-corrected chi connectivity index (χ2v) is 4.12. The smallest absolute Gasteiger partial charge is 0.269 e. The zero-order valence-corrected chi connectivity index (χ0v) is 10.4. The summed E-state index contributed by atoms with van der Waals surface area (Å²) in [6, 6.07) is 5.46. The van der Waals surface area contributed by atoms with Crippen molar-refractivity contribution in [1.29, 1.82) is 0 Å². The van der Waals surface area contributed by atoms with Crippen LogP contribution < -0.4 is 11.1 Å². The van der Waals surface area contributed by atoms with E-state index in [9.17, 15) is 4.79 Å². The van der Waals surface area contributed by atoms with Crippen molar-refractivity contribution in [1.82, 2.24) is 10.3 Å². The van der Waals surface area contributed by atoms with E-state index in [1.54, 1.807) is 6.07 Å². The van der Waals surface area contributed by atoms with E-state index in [4.69, 9.17) is 5.73 Å². The molecule has 0 spiro atoms. The first-order valence-corrected chi connectivity index (χ1v) is 6.16. The lowest BCUT2D eigenvalue weighted by Gasteiger charge is -2.05. The van der Waals surface area contributed by atoms with E-state index >= 15 is 0 Å². The van der Waals surface area contributed by atoms with Crippen molar-refractivity contribution < 1.29 is 4.79 Å². The SMILES string of the molecule is Cc1cccc(C(=O)NCCCCCCN)n1. The number of hydrogen-bond acceptors (Lipinski definition) is 3. The fourth-order valence-electron chi connectivity index (χ4n) is 1.58. The van der Waals surface area contributed by atoms with Gasteiger partial charge in [0.15, 0.2) is 0 Å². The minimum atomic E-state index is -0.0903. The van der Waals surface area contributed by atoms with Gasteiger partial charge < -0.3 is 11.1 Å². The van der Waals surface area contributed by atoms with E-state index in [1.165, 1.54) is 0 Å². The van der Waals surface area contributed by atoms with Crippen LogP contribution in [0, 0.1) is 6.92 Å². The molecule has 0 fully saturated rings. The number of rotatable bonds is 7. The van der Waals surface area contributed by atoms with E-state index < -0.39 is 0 Å². The summed E-state index contributed by atoms with van der Waals surface area (Å²) in [4.78, 5) is 15.9. The molecule has 0 radical (unpaired) electrons. The van der Waals surface area contributed by atoms with Gasteiger partial charge in [-0.25, -0.2) is 4.98 Å². The van der Waals surface area contributed by atoms with Gasteiger partial charge in [-0.2, -0.15) is 0 Å². The predicted octanol–water partition coefficient (Wildman–Crippen LogP) is 1.64. The molecule has 0 unspecified atom stereocenters. The first-order valence-electron chi connectivity index (χ1n) is 6.16. The molecule has 0 aliphatic carbocycles. The molecule has 0 aliphatic heterocycles. The average molecular weight is 235 g/mol. The highest BCUT2D eigenvalue weighted by molar-refractivity contribution is 5.92. The van der Waals surface area contributed by atoms with Crippen LogP contribution in [-0.4, -0.2) is 24.0 Å². The number of unbranched alkanes of at least 4 members (excludes halogenated alkanes) is 3. The summed E-state index contributed by atoms with van der Waals surface area (Å²) in [7, 11) is 0. The molecule has 1 heterocycles. The molecular weight excluding hydrogens is 214 g/mol.